The van der Waals surface area contributed by atoms with Gasteiger partial charge in [0, 0.05) is 13.0 Å². The minimum Gasteiger partial charge on any atom is -0.465 e. The fourth-order valence-corrected chi connectivity index (χ4v) is 1.45. The van der Waals surface area contributed by atoms with Crippen molar-refractivity contribution in [1.82, 2.24) is 5.32 Å². The molecule has 0 aromatic rings. The SMILES string of the molecule is CC(C)(C)CCOC(=O)[C@@H]1C[C@@H](O)CN1. The monoisotopic (exact) mass is 215 g/mol. The first-order valence-corrected chi connectivity index (χ1v) is 5.46. The van der Waals surface area contributed by atoms with E-state index in [1.54, 1.807) is 0 Å². The Kier molecular flexibility index (Phi) is 4.11. The molecule has 0 amide bonds. The van der Waals surface area contributed by atoms with Crippen molar-refractivity contribution in [1.29, 1.82) is 0 Å². The summed E-state index contributed by atoms with van der Waals surface area (Å²) >= 11 is 0. The molecule has 0 aromatic heterocycles. The number of carbonyl (C=O) groups is 1. The summed E-state index contributed by atoms with van der Waals surface area (Å²) in [6.07, 6.45) is 0.910. The second-order valence-electron chi connectivity index (χ2n) is 5.33. The van der Waals surface area contributed by atoms with Gasteiger partial charge in [0.05, 0.1) is 12.7 Å². The summed E-state index contributed by atoms with van der Waals surface area (Å²) in [4.78, 5) is 11.5. The van der Waals surface area contributed by atoms with E-state index < -0.39 is 6.10 Å². The highest BCUT2D eigenvalue weighted by molar-refractivity contribution is 5.76. The van der Waals surface area contributed by atoms with E-state index in [2.05, 4.69) is 26.1 Å². The van der Waals surface area contributed by atoms with Gasteiger partial charge in [-0.1, -0.05) is 20.8 Å². The molecule has 2 atom stereocenters. The van der Waals surface area contributed by atoms with E-state index in [0.29, 0.717) is 19.6 Å². The van der Waals surface area contributed by atoms with Crippen LogP contribution in [0.4, 0.5) is 0 Å². The smallest absolute Gasteiger partial charge is 0.323 e. The lowest BCUT2D eigenvalue weighted by molar-refractivity contribution is -0.146. The Labute approximate surface area is 91.0 Å². The van der Waals surface area contributed by atoms with Crippen LogP contribution in [0.5, 0.6) is 0 Å². The number of aliphatic hydroxyl groups is 1. The molecule has 1 saturated heterocycles. The van der Waals surface area contributed by atoms with E-state index in [9.17, 15) is 9.90 Å². The van der Waals surface area contributed by atoms with Gasteiger partial charge in [-0.3, -0.25) is 4.79 Å². The maximum absolute atomic E-state index is 11.5. The van der Waals surface area contributed by atoms with E-state index in [1.807, 2.05) is 0 Å². The van der Waals surface area contributed by atoms with Crippen LogP contribution in [0.2, 0.25) is 0 Å². The van der Waals surface area contributed by atoms with Gasteiger partial charge in [-0.2, -0.15) is 0 Å². The van der Waals surface area contributed by atoms with Crippen LogP contribution in [0.25, 0.3) is 0 Å². The number of β-amino-alcohol motifs (C(OH)–C–C–N with tert-alkyl or cyclic N) is 1. The molecule has 0 aromatic carbocycles. The Morgan fingerprint density at radius 1 is 1.53 bits per heavy atom. The molecule has 15 heavy (non-hydrogen) atoms. The lowest BCUT2D eigenvalue weighted by Gasteiger charge is -2.18. The number of rotatable bonds is 3. The molecule has 0 saturated carbocycles. The number of carbonyl (C=O) groups excluding carboxylic acids is 1. The van der Waals surface area contributed by atoms with E-state index in [0.717, 1.165) is 6.42 Å². The highest BCUT2D eigenvalue weighted by Crippen LogP contribution is 2.18. The van der Waals surface area contributed by atoms with Crippen LogP contribution in [0.3, 0.4) is 0 Å². The zero-order chi connectivity index (χ0) is 11.5. The number of hydrogen-bond acceptors (Lipinski definition) is 4. The molecule has 0 unspecified atom stereocenters. The molecule has 2 N–H and O–H groups in total. The van der Waals surface area contributed by atoms with E-state index in [4.69, 9.17) is 4.74 Å². The highest BCUT2D eigenvalue weighted by atomic mass is 16.5. The van der Waals surface area contributed by atoms with Gasteiger partial charge in [0.25, 0.3) is 0 Å². The van der Waals surface area contributed by atoms with E-state index in [1.165, 1.54) is 0 Å². The van der Waals surface area contributed by atoms with Crippen LogP contribution in [-0.2, 0) is 9.53 Å². The zero-order valence-electron chi connectivity index (χ0n) is 9.75. The Hall–Kier alpha value is -0.610. The number of ether oxygens (including phenoxy) is 1. The number of hydrogen-bond donors (Lipinski definition) is 2. The van der Waals surface area contributed by atoms with Crippen LogP contribution in [-0.4, -0.2) is 36.4 Å². The zero-order valence-corrected chi connectivity index (χ0v) is 9.75. The van der Waals surface area contributed by atoms with Gasteiger partial charge < -0.3 is 15.2 Å². The molecule has 1 aliphatic heterocycles. The first-order valence-electron chi connectivity index (χ1n) is 5.46. The summed E-state index contributed by atoms with van der Waals surface area (Å²) in [5.74, 6) is -0.240. The quantitative estimate of drug-likeness (QED) is 0.680. The van der Waals surface area contributed by atoms with Crippen molar-refractivity contribution < 1.29 is 14.6 Å². The van der Waals surface area contributed by atoms with Crippen molar-refractivity contribution >= 4 is 5.97 Å². The third-order valence-electron chi connectivity index (χ3n) is 2.49. The molecule has 1 heterocycles. The second kappa shape index (κ2) is 4.94. The topological polar surface area (TPSA) is 58.6 Å². The van der Waals surface area contributed by atoms with Crippen molar-refractivity contribution in [2.45, 2.75) is 45.8 Å². The largest absolute Gasteiger partial charge is 0.465 e. The first kappa shape index (κ1) is 12.5. The van der Waals surface area contributed by atoms with Crippen LogP contribution >= 0.6 is 0 Å². The van der Waals surface area contributed by atoms with Crippen molar-refractivity contribution in [2.75, 3.05) is 13.2 Å². The summed E-state index contributed by atoms with van der Waals surface area (Å²) in [5, 5.41) is 12.2. The van der Waals surface area contributed by atoms with Gasteiger partial charge in [0.15, 0.2) is 0 Å². The first-order chi connectivity index (χ1) is 6.88. The van der Waals surface area contributed by atoms with E-state index >= 15 is 0 Å². The van der Waals surface area contributed by atoms with Crippen LogP contribution in [0.1, 0.15) is 33.6 Å². The van der Waals surface area contributed by atoms with Crippen LogP contribution in [0, 0.1) is 5.41 Å². The summed E-state index contributed by atoms with van der Waals surface area (Å²) in [6.45, 7) is 7.27. The molecule has 0 spiro atoms. The molecule has 1 fully saturated rings. The minimum atomic E-state index is -0.412. The average Bonchev–Trinajstić information content (AvgIpc) is 2.49. The number of nitrogens with one attached hydrogen (secondary N) is 1. The fraction of sp³-hybridized carbons (Fsp3) is 0.909. The molecule has 4 heteroatoms. The summed E-state index contributed by atoms with van der Waals surface area (Å²) in [7, 11) is 0. The Morgan fingerprint density at radius 3 is 2.67 bits per heavy atom. The number of aliphatic hydroxyl groups excluding tert-OH is 1. The molecule has 88 valence electrons. The third kappa shape index (κ3) is 4.62. The number of esters is 1. The molecule has 4 nitrogen and oxygen atoms in total. The van der Waals surface area contributed by atoms with Crippen molar-refractivity contribution in [2.24, 2.45) is 5.41 Å². The highest BCUT2D eigenvalue weighted by Gasteiger charge is 2.29. The van der Waals surface area contributed by atoms with Gasteiger partial charge in [0.2, 0.25) is 0 Å². The summed E-state index contributed by atoms with van der Waals surface area (Å²) in [5.41, 5.74) is 0.183. The van der Waals surface area contributed by atoms with Gasteiger partial charge in [-0.25, -0.2) is 0 Å². The molecule has 1 rings (SSSR count). The minimum absolute atomic E-state index is 0.183. The van der Waals surface area contributed by atoms with Crippen molar-refractivity contribution in [3.8, 4) is 0 Å². The molecule has 0 aliphatic carbocycles. The van der Waals surface area contributed by atoms with Crippen molar-refractivity contribution in [3.05, 3.63) is 0 Å². The molecule has 0 radical (unpaired) electrons. The predicted octanol–water partition coefficient (Wildman–Crippen LogP) is 0.689. The standard InChI is InChI=1S/C11H21NO3/c1-11(2,3)4-5-15-10(14)9-6-8(13)7-12-9/h8-9,12-13H,4-7H2,1-3H3/t8-,9+/m1/s1. The third-order valence-corrected chi connectivity index (χ3v) is 2.49. The lowest BCUT2D eigenvalue weighted by atomic mass is 9.93. The van der Waals surface area contributed by atoms with Gasteiger partial charge >= 0.3 is 5.97 Å². The van der Waals surface area contributed by atoms with Gasteiger partial charge in [-0.05, 0) is 11.8 Å². The molecular weight excluding hydrogens is 194 g/mol. The fourth-order valence-electron chi connectivity index (χ4n) is 1.45. The predicted molar refractivity (Wildman–Crippen MR) is 57.4 cm³/mol. The Balaban J connectivity index is 2.19. The Morgan fingerprint density at radius 2 is 2.20 bits per heavy atom. The molecule has 1 aliphatic rings. The van der Waals surface area contributed by atoms with Crippen LogP contribution < -0.4 is 5.32 Å². The normalized spacial score (nSPS) is 26.7. The van der Waals surface area contributed by atoms with Gasteiger partial charge in [0.1, 0.15) is 6.04 Å². The summed E-state index contributed by atoms with van der Waals surface area (Å²) < 4.78 is 5.14. The Bertz CT molecular complexity index is 222. The molecular formula is C11H21NO3. The maximum atomic E-state index is 11.5. The summed E-state index contributed by atoms with van der Waals surface area (Å²) in [6, 6.07) is -0.319. The average molecular weight is 215 g/mol. The van der Waals surface area contributed by atoms with E-state index in [-0.39, 0.29) is 17.4 Å². The molecule has 0 bridgehead atoms. The lowest BCUT2D eigenvalue weighted by Crippen LogP contribution is -2.32. The maximum Gasteiger partial charge on any atom is 0.323 e. The van der Waals surface area contributed by atoms with Gasteiger partial charge in [-0.15, -0.1) is 0 Å². The van der Waals surface area contributed by atoms with Crippen LogP contribution in [0.15, 0.2) is 0 Å². The second-order valence-corrected chi connectivity index (χ2v) is 5.33. The van der Waals surface area contributed by atoms with Crippen molar-refractivity contribution in [3.63, 3.8) is 0 Å².